The van der Waals surface area contributed by atoms with Crippen LogP contribution in [0, 0.1) is 17.0 Å². The lowest BCUT2D eigenvalue weighted by Gasteiger charge is -2.26. The monoisotopic (exact) mass is 477 g/mol. The average Bonchev–Trinajstić information content (AvgIpc) is 3.24. The van der Waals surface area contributed by atoms with Crippen LogP contribution in [-0.4, -0.2) is 50.5 Å². The highest BCUT2D eigenvalue weighted by atomic mass is 35.6. The highest BCUT2D eigenvalue weighted by Crippen LogP contribution is 2.38. The second-order valence-electron chi connectivity index (χ2n) is 5.88. The number of imidazole rings is 2. The fourth-order valence-corrected chi connectivity index (χ4v) is 3.11. The Balaban J connectivity index is 1.72. The number of nitrogens with two attached hydrogens (primary N) is 1. The molecule has 16 heteroatoms. The zero-order chi connectivity index (χ0) is 22.1. The van der Waals surface area contributed by atoms with Gasteiger partial charge in [0.25, 0.3) is 0 Å². The van der Waals surface area contributed by atoms with Crippen molar-refractivity contribution >= 4 is 63.7 Å². The summed E-state index contributed by atoms with van der Waals surface area (Å²) in [6, 6.07) is 0. The third-order valence-electron chi connectivity index (χ3n) is 4.00. The van der Waals surface area contributed by atoms with Crippen molar-refractivity contribution in [1.82, 2.24) is 34.4 Å². The van der Waals surface area contributed by atoms with E-state index < -0.39 is 21.0 Å². The van der Waals surface area contributed by atoms with Crippen LogP contribution in [0.15, 0.2) is 18.9 Å². The predicted molar refractivity (Wildman–Crippen MR) is 107 cm³/mol. The van der Waals surface area contributed by atoms with E-state index in [1.54, 1.807) is 6.92 Å². The molecular formula is C14H14Cl3N9O4. The number of rotatable bonds is 6. The summed E-state index contributed by atoms with van der Waals surface area (Å²) in [6.45, 7) is 1.39. The number of nitrogen functional groups attached to an aromatic ring is 1. The number of alkyl carbamates (subject to hydrolysis) is 1. The summed E-state index contributed by atoms with van der Waals surface area (Å²) < 4.78 is 5.66. The zero-order valence-electron chi connectivity index (χ0n) is 15.2. The first-order valence-electron chi connectivity index (χ1n) is 8.19. The number of halogens is 3. The maximum atomic E-state index is 12.3. The number of nitro groups is 1. The van der Waals surface area contributed by atoms with Crippen LogP contribution in [0.3, 0.4) is 0 Å². The maximum Gasteiger partial charge on any atom is 0.409 e. The molecule has 0 radical (unpaired) electrons. The summed E-state index contributed by atoms with van der Waals surface area (Å²) in [7, 11) is 0. The van der Waals surface area contributed by atoms with Gasteiger partial charge in [0, 0.05) is 6.92 Å². The second-order valence-corrected chi connectivity index (χ2v) is 8.25. The molecule has 1 atom stereocenters. The molecule has 1 amide bonds. The normalized spacial score (nSPS) is 12.7. The minimum Gasteiger partial charge on any atom is -0.445 e. The molecule has 1 unspecified atom stereocenters. The number of hydrogen-bond donors (Lipinski definition) is 2. The van der Waals surface area contributed by atoms with Gasteiger partial charge in [-0.25, -0.2) is 29.3 Å². The van der Waals surface area contributed by atoms with E-state index >= 15 is 0 Å². The van der Waals surface area contributed by atoms with Crippen LogP contribution < -0.4 is 11.1 Å². The predicted octanol–water partition coefficient (Wildman–Crippen LogP) is 2.12. The molecule has 160 valence electrons. The van der Waals surface area contributed by atoms with Crippen LogP contribution in [0.1, 0.15) is 12.0 Å². The summed E-state index contributed by atoms with van der Waals surface area (Å²) >= 11 is 18.0. The van der Waals surface area contributed by atoms with E-state index in [1.807, 2.05) is 0 Å². The number of nitrogens with one attached hydrogen (secondary N) is 1. The molecular weight excluding hydrogens is 465 g/mol. The number of anilines is 1. The number of amides is 1. The molecule has 3 rings (SSSR count). The lowest BCUT2D eigenvalue weighted by atomic mass is 10.4. The topological polar surface area (TPSA) is 169 Å². The summed E-state index contributed by atoms with van der Waals surface area (Å²) in [4.78, 5) is 38.5. The quantitative estimate of drug-likeness (QED) is 0.306. The molecule has 0 aliphatic carbocycles. The molecule has 30 heavy (non-hydrogen) atoms. The molecule has 3 N–H and O–H groups in total. The largest absolute Gasteiger partial charge is 0.445 e. The third kappa shape index (κ3) is 4.47. The highest BCUT2D eigenvalue weighted by Gasteiger charge is 2.37. The first-order chi connectivity index (χ1) is 14.1. The van der Waals surface area contributed by atoms with Crippen molar-refractivity contribution in [1.29, 1.82) is 0 Å². The Bertz CT molecular complexity index is 1090. The SMILES string of the molecule is Cc1ncc([N+](=O)[O-])n1CCOC(=O)NC(n1cnc2c(N)ncnc21)C(Cl)(Cl)Cl. The summed E-state index contributed by atoms with van der Waals surface area (Å²) in [5.41, 5.74) is 6.23. The summed E-state index contributed by atoms with van der Waals surface area (Å²) in [6.07, 6.45) is 1.41. The Hall–Kier alpha value is -2.90. The van der Waals surface area contributed by atoms with Crippen LogP contribution in [0.2, 0.25) is 0 Å². The zero-order valence-corrected chi connectivity index (χ0v) is 17.5. The van der Waals surface area contributed by atoms with Gasteiger partial charge in [-0.15, -0.1) is 0 Å². The van der Waals surface area contributed by atoms with Crippen molar-refractivity contribution in [3.05, 3.63) is 34.8 Å². The smallest absolute Gasteiger partial charge is 0.409 e. The molecule has 0 saturated carbocycles. The molecule has 3 aromatic heterocycles. The van der Waals surface area contributed by atoms with Gasteiger partial charge in [-0.3, -0.25) is 9.88 Å². The molecule has 0 bridgehead atoms. The third-order valence-corrected chi connectivity index (χ3v) is 4.62. The van der Waals surface area contributed by atoms with Gasteiger partial charge >= 0.3 is 11.9 Å². The lowest BCUT2D eigenvalue weighted by Crippen LogP contribution is -2.40. The second kappa shape index (κ2) is 8.45. The van der Waals surface area contributed by atoms with Gasteiger partial charge in [0.1, 0.15) is 31.2 Å². The number of aromatic nitrogens is 6. The van der Waals surface area contributed by atoms with Crippen molar-refractivity contribution in [3.8, 4) is 0 Å². The van der Waals surface area contributed by atoms with E-state index in [1.165, 1.54) is 21.8 Å². The number of carbonyl (C=O) groups excluding carboxylic acids is 1. The minimum absolute atomic E-state index is 0.00572. The van der Waals surface area contributed by atoms with E-state index in [9.17, 15) is 14.9 Å². The van der Waals surface area contributed by atoms with Gasteiger partial charge in [-0.05, 0) is 4.92 Å². The summed E-state index contributed by atoms with van der Waals surface area (Å²) in [5, 5.41) is 13.4. The Morgan fingerprint density at radius 3 is 2.77 bits per heavy atom. The van der Waals surface area contributed by atoms with E-state index in [0.29, 0.717) is 5.82 Å². The Morgan fingerprint density at radius 2 is 2.10 bits per heavy atom. The fraction of sp³-hybridized carbons (Fsp3) is 0.357. The number of nitrogens with zero attached hydrogens (tertiary/aromatic N) is 7. The molecule has 0 fully saturated rings. The molecule has 0 aromatic carbocycles. The van der Waals surface area contributed by atoms with E-state index in [4.69, 9.17) is 45.3 Å². The van der Waals surface area contributed by atoms with Crippen molar-refractivity contribution in [2.45, 2.75) is 23.4 Å². The van der Waals surface area contributed by atoms with Crippen LogP contribution in [-0.2, 0) is 11.3 Å². The van der Waals surface area contributed by atoms with Gasteiger partial charge in [-0.2, -0.15) is 0 Å². The lowest BCUT2D eigenvalue weighted by molar-refractivity contribution is -0.392. The first kappa shape index (κ1) is 21.8. The Morgan fingerprint density at radius 1 is 1.37 bits per heavy atom. The van der Waals surface area contributed by atoms with E-state index in [-0.39, 0.29) is 36.0 Å². The number of alkyl halides is 3. The van der Waals surface area contributed by atoms with Gasteiger partial charge in [0.2, 0.25) is 3.79 Å². The molecule has 0 aliphatic rings. The van der Waals surface area contributed by atoms with Gasteiger partial charge in [0.05, 0.1) is 6.33 Å². The van der Waals surface area contributed by atoms with Gasteiger partial charge in [-0.1, -0.05) is 34.8 Å². The minimum atomic E-state index is -2.01. The molecule has 0 saturated heterocycles. The van der Waals surface area contributed by atoms with Crippen molar-refractivity contribution in [2.75, 3.05) is 12.3 Å². The molecule has 13 nitrogen and oxygen atoms in total. The van der Waals surface area contributed by atoms with Gasteiger partial charge < -0.3 is 20.6 Å². The standard InChI is InChI=1S/C14H14Cl3N9O4/c1-7-19-4-8(26(28)29)24(7)2-3-30-13(27)23-12(14(15,16)17)25-6-22-9-10(18)20-5-21-11(9)25/h4-6,12H,2-3H2,1H3,(H,23,27)(H2,18,20,21). The highest BCUT2D eigenvalue weighted by molar-refractivity contribution is 6.68. The van der Waals surface area contributed by atoms with Crippen molar-refractivity contribution in [3.63, 3.8) is 0 Å². The molecule has 3 heterocycles. The number of ether oxygens (including phenoxy) is 1. The number of hydrogen-bond acceptors (Lipinski definition) is 9. The molecule has 0 spiro atoms. The van der Waals surface area contributed by atoms with Crippen molar-refractivity contribution < 1.29 is 14.5 Å². The first-order valence-corrected chi connectivity index (χ1v) is 9.32. The van der Waals surface area contributed by atoms with Gasteiger partial charge in [0.15, 0.2) is 23.5 Å². The number of fused-ring (bicyclic) bond motifs is 1. The fourth-order valence-electron chi connectivity index (χ4n) is 2.63. The number of aryl methyl sites for hydroxylation is 1. The van der Waals surface area contributed by atoms with Crippen LogP contribution in [0.25, 0.3) is 11.2 Å². The van der Waals surface area contributed by atoms with Crippen LogP contribution >= 0.6 is 34.8 Å². The van der Waals surface area contributed by atoms with Crippen LogP contribution in [0.4, 0.5) is 16.4 Å². The van der Waals surface area contributed by atoms with E-state index in [2.05, 4.69) is 25.3 Å². The maximum absolute atomic E-state index is 12.3. The average molecular weight is 479 g/mol. The van der Waals surface area contributed by atoms with E-state index in [0.717, 1.165) is 6.20 Å². The van der Waals surface area contributed by atoms with Crippen molar-refractivity contribution in [2.24, 2.45) is 0 Å². The Labute approximate surface area is 183 Å². The Kier molecular flexibility index (Phi) is 6.14. The molecule has 0 aliphatic heterocycles. The summed E-state index contributed by atoms with van der Waals surface area (Å²) in [5.74, 6) is 0.284. The number of carbonyl (C=O) groups is 1. The molecule has 3 aromatic rings. The van der Waals surface area contributed by atoms with Crippen LogP contribution in [0.5, 0.6) is 0 Å².